The number of aliphatic hydroxyl groups excluding tert-OH is 1. The van der Waals surface area contributed by atoms with Crippen molar-refractivity contribution in [1.29, 1.82) is 0 Å². The van der Waals surface area contributed by atoms with Crippen LogP contribution in [-0.2, 0) is 42.2 Å². The van der Waals surface area contributed by atoms with Crippen LogP contribution in [0.25, 0.3) is 0 Å². The third kappa shape index (κ3) is 8.32. The maximum Gasteiger partial charge on any atom is 0.323 e. The van der Waals surface area contributed by atoms with Crippen LogP contribution in [0.2, 0.25) is 0 Å². The van der Waals surface area contributed by atoms with Gasteiger partial charge in [-0.2, -0.15) is 0 Å². The summed E-state index contributed by atoms with van der Waals surface area (Å²) in [5.74, 6) is -0.201. The van der Waals surface area contributed by atoms with Crippen molar-refractivity contribution in [2.75, 3.05) is 13.1 Å². The van der Waals surface area contributed by atoms with E-state index in [1.807, 2.05) is 69.3 Å². The molecule has 2 aliphatic rings. The van der Waals surface area contributed by atoms with Crippen molar-refractivity contribution in [1.82, 2.24) is 9.62 Å². The molecule has 5 rings (SSSR count). The molecule has 0 amide bonds. The van der Waals surface area contributed by atoms with E-state index < -0.39 is 21.9 Å². The number of nitrogens with zero attached hydrogens (tertiary/aromatic N) is 1. The molecular weight excluding hydrogens is 580 g/mol. The fraction of sp³-hybridized carbons (Fsp3) is 0.441. The smallest absolute Gasteiger partial charge is 0.323 e. The molecule has 9 nitrogen and oxygen atoms in total. The van der Waals surface area contributed by atoms with Gasteiger partial charge < -0.3 is 19.3 Å². The topological polar surface area (TPSA) is 114 Å². The Morgan fingerprint density at radius 1 is 0.955 bits per heavy atom. The summed E-state index contributed by atoms with van der Waals surface area (Å²) < 4.78 is 46.6. The number of esters is 1. The molecule has 0 bridgehead atoms. The Labute approximate surface area is 260 Å². The van der Waals surface area contributed by atoms with Crippen LogP contribution in [0.5, 0.6) is 0 Å². The standard InChI is InChI=1S/C34H42N2O7S/c1-34(2,3)43-32(38)30-10-7-19-36(30)22-28-20-31(26-15-13-25(23-37)14-16-26)42-33(41-28)27-17-11-24(12-18-27)21-35-44(39,40)29-8-5-4-6-9-29/h4-6,8-9,11-18,28,30-31,33,35,37H,7,10,19-23H2,1-3H3/t28-,30+,31+,33+/m1/s1. The van der Waals surface area contributed by atoms with Gasteiger partial charge in [0, 0.05) is 25.1 Å². The summed E-state index contributed by atoms with van der Waals surface area (Å²) in [6.45, 7) is 7.11. The number of carbonyl (C=O) groups is 1. The first-order valence-electron chi connectivity index (χ1n) is 15.1. The largest absolute Gasteiger partial charge is 0.459 e. The molecule has 2 N–H and O–H groups in total. The minimum Gasteiger partial charge on any atom is -0.459 e. The summed E-state index contributed by atoms with van der Waals surface area (Å²) in [6.07, 6.45) is 1.14. The minimum atomic E-state index is -3.62. The number of benzene rings is 3. The first-order chi connectivity index (χ1) is 21.0. The van der Waals surface area contributed by atoms with E-state index in [1.54, 1.807) is 30.3 Å². The summed E-state index contributed by atoms with van der Waals surface area (Å²) >= 11 is 0. The van der Waals surface area contributed by atoms with Gasteiger partial charge in [-0.25, -0.2) is 13.1 Å². The Balaban J connectivity index is 1.30. The second-order valence-electron chi connectivity index (χ2n) is 12.4. The Bertz CT molecular complexity index is 1490. The van der Waals surface area contributed by atoms with E-state index in [-0.39, 0.29) is 42.3 Å². The average Bonchev–Trinajstić information content (AvgIpc) is 3.48. The molecule has 0 saturated carbocycles. The molecule has 3 aromatic rings. The quantitative estimate of drug-likeness (QED) is 0.304. The molecule has 2 saturated heterocycles. The molecule has 2 aliphatic heterocycles. The first-order valence-corrected chi connectivity index (χ1v) is 16.6. The number of nitrogens with one attached hydrogen (secondary N) is 1. The molecule has 2 heterocycles. The van der Waals surface area contributed by atoms with E-state index in [0.29, 0.717) is 13.0 Å². The third-order valence-corrected chi connectivity index (χ3v) is 9.28. The predicted octanol–water partition coefficient (Wildman–Crippen LogP) is 5.01. The number of ether oxygens (including phenoxy) is 3. The Hall–Kier alpha value is -3.12. The lowest BCUT2D eigenvalue weighted by molar-refractivity contribution is -0.253. The van der Waals surface area contributed by atoms with Crippen LogP contribution in [0.3, 0.4) is 0 Å². The van der Waals surface area contributed by atoms with Gasteiger partial charge in [0.2, 0.25) is 10.0 Å². The molecule has 0 radical (unpaired) electrons. The molecule has 0 unspecified atom stereocenters. The molecule has 236 valence electrons. The monoisotopic (exact) mass is 622 g/mol. The highest BCUT2D eigenvalue weighted by molar-refractivity contribution is 7.89. The number of likely N-dealkylation sites (tertiary alicyclic amines) is 1. The number of carbonyl (C=O) groups excluding carboxylic acids is 1. The highest BCUT2D eigenvalue weighted by atomic mass is 32.2. The van der Waals surface area contributed by atoms with Gasteiger partial charge in [0.25, 0.3) is 0 Å². The van der Waals surface area contributed by atoms with E-state index in [4.69, 9.17) is 14.2 Å². The molecule has 2 fully saturated rings. The SMILES string of the molecule is CC(C)(C)OC(=O)[C@@H]1CCCN1C[C@H]1C[C@@H](c2ccc(CO)cc2)O[C@@H](c2ccc(CNS(=O)(=O)c3ccccc3)cc2)O1. The van der Waals surface area contributed by atoms with Gasteiger partial charge >= 0.3 is 5.97 Å². The van der Waals surface area contributed by atoms with Crippen molar-refractivity contribution in [2.45, 2.75) is 88.2 Å². The normalized spacial score (nSPS) is 23.0. The van der Waals surface area contributed by atoms with Crippen molar-refractivity contribution in [3.8, 4) is 0 Å². The van der Waals surface area contributed by atoms with Gasteiger partial charge in [0.15, 0.2) is 6.29 Å². The number of sulfonamides is 1. The van der Waals surface area contributed by atoms with E-state index >= 15 is 0 Å². The lowest BCUT2D eigenvalue weighted by Gasteiger charge is -2.38. The van der Waals surface area contributed by atoms with E-state index in [0.717, 1.165) is 41.6 Å². The first kappa shape index (κ1) is 32.3. The van der Waals surface area contributed by atoms with Crippen LogP contribution in [-0.4, -0.2) is 55.2 Å². The molecule has 3 aromatic carbocycles. The Kier molecular flexibility index (Phi) is 10.2. The third-order valence-electron chi connectivity index (χ3n) is 7.87. The van der Waals surface area contributed by atoms with Crippen molar-refractivity contribution < 1.29 is 32.5 Å². The summed E-state index contributed by atoms with van der Waals surface area (Å²) in [5.41, 5.74) is 2.87. The summed E-state index contributed by atoms with van der Waals surface area (Å²) in [4.78, 5) is 15.4. The van der Waals surface area contributed by atoms with Gasteiger partial charge in [-0.3, -0.25) is 9.69 Å². The Morgan fingerprint density at radius 2 is 1.61 bits per heavy atom. The fourth-order valence-corrected chi connectivity index (χ4v) is 6.67. The molecule has 0 aromatic heterocycles. The molecule has 4 atom stereocenters. The second-order valence-corrected chi connectivity index (χ2v) is 14.2. The summed E-state index contributed by atoms with van der Waals surface area (Å²) in [6, 6.07) is 23.2. The van der Waals surface area contributed by atoms with Crippen molar-refractivity contribution >= 4 is 16.0 Å². The molecule has 44 heavy (non-hydrogen) atoms. The van der Waals surface area contributed by atoms with Crippen LogP contribution in [0.15, 0.2) is 83.8 Å². The van der Waals surface area contributed by atoms with Crippen LogP contribution in [0, 0.1) is 0 Å². The van der Waals surface area contributed by atoms with Crippen LogP contribution >= 0.6 is 0 Å². The lowest BCUT2D eigenvalue weighted by atomic mass is 9.99. The summed E-state index contributed by atoms with van der Waals surface area (Å²) in [5, 5.41) is 9.50. The number of hydrogen-bond acceptors (Lipinski definition) is 8. The molecule has 0 spiro atoms. The number of aliphatic hydroxyl groups is 1. The maximum absolute atomic E-state index is 13.0. The Morgan fingerprint density at radius 3 is 2.27 bits per heavy atom. The minimum absolute atomic E-state index is 0.0327. The van der Waals surface area contributed by atoms with E-state index in [9.17, 15) is 18.3 Å². The average molecular weight is 623 g/mol. The van der Waals surface area contributed by atoms with E-state index in [1.165, 1.54) is 0 Å². The fourth-order valence-electron chi connectivity index (χ4n) is 5.63. The summed E-state index contributed by atoms with van der Waals surface area (Å²) in [7, 11) is -3.62. The van der Waals surface area contributed by atoms with Gasteiger partial charge in [0.1, 0.15) is 11.6 Å². The van der Waals surface area contributed by atoms with Crippen LogP contribution in [0.1, 0.15) is 74.7 Å². The van der Waals surface area contributed by atoms with E-state index in [2.05, 4.69) is 9.62 Å². The van der Waals surface area contributed by atoms with Gasteiger partial charge in [-0.1, -0.05) is 66.7 Å². The van der Waals surface area contributed by atoms with Crippen LogP contribution in [0.4, 0.5) is 0 Å². The van der Waals surface area contributed by atoms with Gasteiger partial charge in [-0.15, -0.1) is 0 Å². The maximum atomic E-state index is 13.0. The molecule has 10 heteroatoms. The molecule has 0 aliphatic carbocycles. The van der Waals surface area contributed by atoms with Gasteiger partial charge in [-0.05, 0) is 69.0 Å². The number of hydrogen-bond donors (Lipinski definition) is 2. The lowest BCUT2D eigenvalue weighted by Crippen LogP contribution is -2.45. The number of rotatable bonds is 10. The second kappa shape index (κ2) is 13.9. The zero-order chi connectivity index (χ0) is 31.3. The van der Waals surface area contributed by atoms with Crippen molar-refractivity contribution in [2.24, 2.45) is 0 Å². The van der Waals surface area contributed by atoms with Crippen LogP contribution < -0.4 is 4.72 Å². The van der Waals surface area contributed by atoms with Crippen molar-refractivity contribution in [3.63, 3.8) is 0 Å². The van der Waals surface area contributed by atoms with Gasteiger partial charge in [0.05, 0.1) is 23.7 Å². The highest BCUT2D eigenvalue weighted by Gasteiger charge is 2.38. The van der Waals surface area contributed by atoms with Crippen molar-refractivity contribution in [3.05, 3.63) is 101 Å². The zero-order valence-corrected chi connectivity index (χ0v) is 26.3. The molecular formula is C34H42N2O7S. The highest BCUT2D eigenvalue weighted by Crippen LogP contribution is 2.39. The predicted molar refractivity (Wildman–Crippen MR) is 166 cm³/mol. The zero-order valence-electron chi connectivity index (χ0n) is 25.5.